The quantitative estimate of drug-likeness (QED) is 0.292. The molecule has 1 aliphatic heterocycles. The highest BCUT2D eigenvalue weighted by Gasteiger charge is 2.30. The van der Waals surface area contributed by atoms with Crippen LogP contribution in [-0.2, 0) is 9.53 Å². The summed E-state index contributed by atoms with van der Waals surface area (Å²) in [5, 5.41) is 10.9. The van der Waals surface area contributed by atoms with E-state index in [1.165, 1.54) is 13.3 Å². The molecule has 1 aromatic heterocycles. The van der Waals surface area contributed by atoms with Crippen LogP contribution in [0.2, 0.25) is 0 Å². The summed E-state index contributed by atoms with van der Waals surface area (Å²) in [7, 11) is 1.35. The predicted molar refractivity (Wildman–Crippen MR) is 101 cm³/mol. The van der Waals surface area contributed by atoms with Crippen LogP contribution in [0.1, 0.15) is 31.0 Å². The number of carbonyl (C=O) groups excluding carboxylic acids is 1. The lowest BCUT2D eigenvalue weighted by Crippen LogP contribution is -2.32. The fourth-order valence-electron chi connectivity index (χ4n) is 2.65. The molecule has 1 saturated heterocycles. The van der Waals surface area contributed by atoms with Crippen molar-refractivity contribution in [1.82, 2.24) is 15.3 Å². The highest BCUT2D eigenvalue weighted by atomic mass is 16.5. The first-order valence-corrected chi connectivity index (χ1v) is 8.57. The fourth-order valence-corrected chi connectivity index (χ4v) is 2.65. The maximum Gasteiger partial charge on any atom is 0.314 e. The van der Waals surface area contributed by atoms with E-state index in [2.05, 4.69) is 15.3 Å². The number of aromatic nitrogens is 2. The zero-order chi connectivity index (χ0) is 19.6. The lowest BCUT2D eigenvalue weighted by molar-refractivity contribution is -0.152. The number of nitrogens with one attached hydrogen (secondary N) is 2. The Hall–Kier alpha value is -3.00. The summed E-state index contributed by atoms with van der Waals surface area (Å²) in [4.78, 5) is 20.4. The van der Waals surface area contributed by atoms with Gasteiger partial charge in [0.1, 0.15) is 12.4 Å². The van der Waals surface area contributed by atoms with Crippen molar-refractivity contribution in [2.45, 2.75) is 19.9 Å². The van der Waals surface area contributed by atoms with E-state index >= 15 is 0 Å². The molecular formula is C19H23N5O3. The van der Waals surface area contributed by atoms with Crippen LogP contribution in [0.25, 0.3) is 11.3 Å². The summed E-state index contributed by atoms with van der Waals surface area (Å²) in [5.41, 5.74) is 8.18. The molecule has 8 nitrogen and oxygen atoms in total. The fraction of sp³-hybridized carbons (Fsp3) is 0.368. The van der Waals surface area contributed by atoms with Crippen LogP contribution in [-0.4, -0.2) is 42.0 Å². The molecule has 0 spiro atoms. The monoisotopic (exact) mass is 369 g/mol. The molecule has 8 heteroatoms. The van der Waals surface area contributed by atoms with Gasteiger partial charge in [0.2, 0.25) is 5.88 Å². The molecule has 0 amide bonds. The van der Waals surface area contributed by atoms with Gasteiger partial charge in [-0.05, 0) is 25.5 Å². The van der Waals surface area contributed by atoms with Crippen LogP contribution >= 0.6 is 0 Å². The number of methoxy groups -OCH3 is 1. The Morgan fingerprint density at radius 1 is 1.37 bits per heavy atom. The van der Waals surface area contributed by atoms with Gasteiger partial charge < -0.3 is 20.5 Å². The van der Waals surface area contributed by atoms with Crippen LogP contribution < -0.4 is 15.8 Å². The second-order valence-corrected chi connectivity index (χ2v) is 7.08. The minimum Gasteiger partial charge on any atom is -0.475 e. The molecule has 1 fully saturated rings. The van der Waals surface area contributed by atoms with E-state index in [1.807, 2.05) is 12.1 Å². The van der Waals surface area contributed by atoms with Gasteiger partial charge in [-0.1, -0.05) is 12.1 Å². The number of nitrogens with zero attached hydrogens (tertiary/aromatic N) is 2. The van der Waals surface area contributed by atoms with Gasteiger partial charge in [-0.2, -0.15) is 0 Å². The summed E-state index contributed by atoms with van der Waals surface area (Å²) in [5.74, 6) is 0.0212. The summed E-state index contributed by atoms with van der Waals surface area (Å²) in [6.07, 6.45) is 3.17. The lowest BCUT2D eigenvalue weighted by atomic mass is 9.95. The van der Waals surface area contributed by atoms with E-state index in [-0.39, 0.29) is 24.5 Å². The Kier molecular flexibility index (Phi) is 5.09. The Balaban J connectivity index is 1.78. The normalized spacial score (nSPS) is 15.9. The highest BCUT2D eigenvalue weighted by Crippen LogP contribution is 2.32. The molecule has 142 valence electrons. The Bertz CT molecular complexity index is 860. The predicted octanol–water partition coefficient (Wildman–Crippen LogP) is 1.65. The minimum absolute atomic E-state index is 0.0338. The van der Waals surface area contributed by atoms with Crippen molar-refractivity contribution in [1.29, 1.82) is 5.41 Å². The number of rotatable bonds is 7. The SMILES string of the molecule is COC(=O)C(C)(C)COc1cnc(-c2ccc(C(=N)N)cc2C2CN2)cn1. The number of esters is 1. The number of benzene rings is 1. The van der Waals surface area contributed by atoms with Gasteiger partial charge in [-0.25, -0.2) is 9.97 Å². The second-order valence-electron chi connectivity index (χ2n) is 7.08. The van der Waals surface area contributed by atoms with Crippen LogP contribution in [0.4, 0.5) is 0 Å². The Morgan fingerprint density at radius 2 is 2.11 bits per heavy atom. The zero-order valence-electron chi connectivity index (χ0n) is 15.6. The van der Waals surface area contributed by atoms with E-state index in [9.17, 15) is 4.79 Å². The van der Waals surface area contributed by atoms with Crippen molar-refractivity contribution >= 4 is 11.8 Å². The number of ether oxygens (including phenoxy) is 2. The van der Waals surface area contributed by atoms with Crippen LogP contribution in [0.3, 0.4) is 0 Å². The van der Waals surface area contributed by atoms with E-state index in [4.69, 9.17) is 20.6 Å². The molecule has 0 bridgehead atoms. The number of hydrogen-bond acceptors (Lipinski definition) is 7. The van der Waals surface area contributed by atoms with Crippen LogP contribution in [0, 0.1) is 10.8 Å². The van der Waals surface area contributed by atoms with E-state index < -0.39 is 5.41 Å². The second kappa shape index (κ2) is 7.32. The van der Waals surface area contributed by atoms with Gasteiger partial charge in [0.25, 0.3) is 0 Å². The van der Waals surface area contributed by atoms with Gasteiger partial charge in [0, 0.05) is 23.7 Å². The van der Waals surface area contributed by atoms with Crippen molar-refractivity contribution in [3.63, 3.8) is 0 Å². The molecule has 0 radical (unpaired) electrons. The number of carbonyl (C=O) groups is 1. The smallest absolute Gasteiger partial charge is 0.314 e. The molecular weight excluding hydrogens is 346 g/mol. The molecule has 1 atom stereocenters. The average molecular weight is 369 g/mol. The minimum atomic E-state index is -0.775. The molecule has 1 aromatic carbocycles. The molecule has 1 unspecified atom stereocenters. The lowest BCUT2D eigenvalue weighted by Gasteiger charge is -2.21. The molecule has 0 saturated carbocycles. The van der Waals surface area contributed by atoms with Crippen molar-refractivity contribution in [2.24, 2.45) is 11.1 Å². The molecule has 1 aliphatic rings. The third-order valence-corrected chi connectivity index (χ3v) is 4.37. The Labute approximate surface area is 157 Å². The van der Waals surface area contributed by atoms with Gasteiger partial charge in [-0.3, -0.25) is 10.2 Å². The highest BCUT2D eigenvalue weighted by molar-refractivity contribution is 5.95. The third-order valence-electron chi connectivity index (χ3n) is 4.37. The van der Waals surface area contributed by atoms with Gasteiger partial charge >= 0.3 is 5.97 Å². The van der Waals surface area contributed by atoms with Crippen molar-refractivity contribution in [3.05, 3.63) is 41.7 Å². The summed E-state index contributed by atoms with van der Waals surface area (Å²) < 4.78 is 10.4. The first kappa shape index (κ1) is 18.8. The van der Waals surface area contributed by atoms with Gasteiger partial charge in [0.15, 0.2) is 0 Å². The van der Waals surface area contributed by atoms with Crippen molar-refractivity contribution < 1.29 is 14.3 Å². The van der Waals surface area contributed by atoms with Gasteiger partial charge in [-0.15, -0.1) is 0 Å². The average Bonchev–Trinajstić information content (AvgIpc) is 3.51. The molecule has 3 rings (SSSR count). The molecule has 27 heavy (non-hydrogen) atoms. The first-order valence-electron chi connectivity index (χ1n) is 8.57. The van der Waals surface area contributed by atoms with Gasteiger partial charge in [0.05, 0.1) is 30.6 Å². The van der Waals surface area contributed by atoms with Crippen molar-refractivity contribution in [2.75, 3.05) is 20.3 Å². The first-order chi connectivity index (χ1) is 12.8. The van der Waals surface area contributed by atoms with Crippen LogP contribution in [0.15, 0.2) is 30.6 Å². The maximum atomic E-state index is 11.7. The maximum absolute atomic E-state index is 11.7. The number of amidine groups is 1. The molecule has 0 aliphatic carbocycles. The standard InChI is InChI=1S/C19H23N5O3/c1-19(2,18(25)26-3)10-27-16-9-23-14(8-24-16)12-5-4-11(17(20)21)6-13(12)15-7-22-15/h4-6,8-9,15,22H,7,10H2,1-3H3,(H3,20,21). The molecule has 2 heterocycles. The Morgan fingerprint density at radius 3 is 2.67 bits per heavy atom. The number of nitrogens with two attached hydrogens (primary N) is 1. The largest absolute Gasteiger partial charge is 0.475 e. The summed E-state index contributed by atoms with van der Waals surface area (Å²) in [6, 6.07) is 5.84. The van der Waals surface area contributed by atoms with E-state index in [1.54, 1.807) is 26.1 Å². The molecule has 4 N–H and O–H groups in total. The topological polar surface area (TPSA) is 133 Å². The zero-order valence-corrected chi connectivity index (χ0v) is 15.6. The van der Waals surface area contributed by atoms with E-state index in [0.717, 1.165) is 17.7 Å². The third kappa shape index (κ3) is 4.22. The van der Waals surface area contributed by atoms with Crippen molar-refractivity contribution in [3.8, 4) is 17.1 Å². The number of hydrogen-bond donors (Lipinski definition) is 3. The number of nitrogen functional groups attached to an aromatic ring is 1. The summed E-state index contributed by atoms with van der Waals surface area (Å²) in [6.45, 7) is 4.50. The van der Waals surface area contributed by atoms with E-state index in [0.29, 0.717) is 17.1 Å². The summed E-state index contributed by atoms with van der Waals surface area (Å²) >= 11 is 0. The van der Waals surface area contributed by atoms with Crippen LogP contribution in [0.5, 0.6) is 5.88 Å². The molecule has 2 aromatic rings.